The third kappa shape index (κ3) is 4.63. The molecule has 1 aliphatic rings. The lowest BCUT2D eigenvalue weighted by molar-refractivity contribution is -0.137. The number of carbonyl (C=O) groups is 1. The summed E-state index contributed by atoms with van der Waals surface area (Å²) in [5, 5.41) is 9.20. The number of nitrogens with one attached hydrogen (secondary N) is 1. The number of fused-ring (bicyclic) bond motifs is 1. The van der Waals surface area contributed by atoms with Gasteiger partial charge in [-0.15, -0.1) is 0 Å². The number of alkyl halides is 3. The number of hydroxylamine groups is 1. The second-order valence-corrected chi connectivity index (χ2v) is 9.43. The number of ether oxygens (including phenoxy) is 1. The zero-order valence-corrected chi connectivity index (χ0v) is 18.3. The van der Waals surface area contributed by atoms with E-state index in [1.165, 1.54) is 24.3 Å². The molecule has 0 spiro atoms. The van der Waals surface area contributed by atoms with Gasteiger partial charge in [0.25, 0.3) is 5.91 Å². The van der Waals surface area contributed by atoms with E-state index in [0.717, 1.165) is 34.1 Å². The SMILES string of the molecule is O=C(NO)[C@H]1c2ccccc2CCN1S(=O)(=O)c1ccc(Oc2ccc(C(F)(F)F)cc2)cc1. The van der Waals surface area contributed by atoms with Gasteiger partial charge in [0.15, 0.2) is 0 Å². The molecule has 1 heterocycles. The summed E-state index contributed by atoms with van der Waals surface area (Å²) in [6.07, 6.45) is -4.08. The van der Waals surface area contributed by atoms with Crippen LogP contribution in [0.4, 0.5) is 13.2 Å². The van der Waals surface area contributed by atoms with Crippen molar-refractivity contribution in [3.63, 3.8) is 0 Å². The van der Waals surface area contributed by atoms with Crippen molar-refractivity contribution in [2.24, 2.45) is 0 Å². The van der Waals surface area contributed by atoms with Gasteiger partial charge in [-0.05, 0) is 66.1 Å². The molecule has 0 aliphatic carbocycles. The molecule has 0 unspecified atom stereocenters. The van der Waals surface area contributed by atoms with Gasteiger partial charge in [-0.3, -0.25) is 10.0 Å². The lowest BCUT2D eigenvalue weighted by Crippen LogP contribution is -2.46. The minimum Gasteiger partial charge on any atom is -0.457 e. The van der Waals surface area contributed by atoms with Crippen molar-refractivity contribution in [3.05, 3.63) is 89.5 Å². The van der Waals surface area contributed by atoms with Gasteiger partial charge in [-0.1, -0.05) is 24.3 Å². The normalized spacial score (nSPS) is 16.5. The van der Waals surface area contributed by atoms with E-state index in [4.69, 9.17) is 4.74 Å². The summed E-state index contributed by atoms with van der Waals surface area (Å²) in [4.78, 5) is 12.3. The van der Waals surface area contributed by atoms with E-state index in [1.807, 2.05) is 0 Å². The van der Waals surface area contributed by atoms with Crippen LogP contribution in [0.1, 0.15) is 22.7 Å². The molecule has 0 aromatic heterocycles. The number of halogens is 3. The van der Waals surface area contributed by atoms with Crippen LogP contribution in [0.25, 0.3) is 0 Å². The van der Waals surface area contributed by atoms with Crippen molar-refractivity contribution in [2.75, 3.05) is 6.54 Å². The largest absolute Gasteiger partial charge is 0.457 e. The summed E-state index contributed by atoms with van der Waals surface area (Å²) in [5.41, 5.74) is 2.02. The van der Waals surface area contributed by atoms with Gasteiger partial charge in [0, 0.05) is 6.54 Å². The smallest absolute Gasteiger partial charge is 0.416 e. The van der Waals surface area contributed by atoms with Crippen LogP contribution in [0.3, 0.4) is 0 Å². The first-order valence-corrected chi connectivity index (χ1v) is 11.5. The van der Waals surface area contributed by atoms with Crippen LogP contribution >= 0.6 is 0 Å². The van der Waals surface area contributed by atoms with Crippen LogP contribution in [0.2, 0.25) is 0 Å². The molecule has 178 valence electrons. The molecule has 34 heavy (non-hydrogen) atoms. The minimum atomic E-state index is -4.46. The van der Waals surface area contributed by atoms with E-state index in [9.17, 15) is 31.6 Å². The predicted molar refractivity (Wildman–Crippen MR) is 115 cm³/mol. The molecule has 0 bridgehead atoms. The Hall–Kier alpha value is -3.41. The highest BCUT2D eigenvalue weighted by Gasteiger charge is 2.40. The number of benzene rings is 3. The summed E-state index contributed by atoms with van der Waals surface area (Å²) in [7, 11) is -4.14. The van der Waals surface area contributed by atoms with Gasteiger partial charge in [-0.25, -0.2) is 13.9 Å². The fraction of sp³-hybridized carbons (Fsp3) is 0.174. The second kappa shape index (κ2) is 9.09. The first kappa shape index (κ1) is 23.7. The maximum Gasteiger partial charge on any atom is 0.416 e. The fourth-order valence-electron chi connectivity index (χ4n) is 3.80. The number of nitrogens with zero attached hydrogens (tertiary/aromatic N) is 1. The maximum absolute atomic E-state index is 13.3. The highest BCUT2D eigenvalue weighted by Crippen LogP contribution is 2.35. The van der Waals surface area contributed by atoms with Crippen molar-refractivity contribution in [3.8, 4) is 11.5 Å². The van der Waals surface area contributed by atoms with Crippen molar-refractivity contribution >= 4 is 15.9 Å². The van der Waals surface area contributed by atoms with Gasteiger partial charge in [0.2, 0.25) is 10.0 Å². The van der Waals surface area contributed by atoms with Crippen LogP contribution in [0.15, 0.2) is 77.7 Å². The molecule has 0 fully saturated rings. The van der Waals surface area contributed by atoms with Gasteiger partial charge in [0.1, 0.15) is 17.5 Å². The Morgan fingerprint density at radius 2 is 1.56 bits per heavy atom. The van der Waals surface area contributed by atoms with Gasteiger partial charge in [-0.2, -0.15) is 17.5 Å². The highest BCUT2D eigenvalue weighted by atomic mass is 32.2. The maximum atomic E-state index is 13.3. The van der Waals surface area contributed by atoms with Crippen LogP contribution in [-0.2, 0) is 27.4 Å². The number of hydrogen-bond donors (Lipinski definition) is 2. The van der Waals surface area contributed by atoms with Gasteiger partial charge < -0.3 is 4.74 Å². The van der Waals surface area contributed by atoms with Crippen LogP contribution in [0.5, 0.6) is 11.5 Å². The first-order valence-electron chi connectivity index (χ1n) is 10.1. The van der Waals surface area contributed by atoms with Crippen molar-refractivity contribution < 1.29 is 36.3 Å². The zero-order valence-electron chi connectivity index (χ0n) is 17.5. The highest BCUT2D eigenvalue weighted by molar-refractivity contribution is 7.89. The van der Waals surface area contributed by atoms with E-state index in [1.54, 1.807) is 29.7 Å². The lowest BCUT2D eigenvalue weighted by Gasteiger charge is -2.34. The zero-order chi connectivity index (χ0) is 24.5. The Labute approximate surface area is 193 Å². The molecular weight excluding hydrogens is 473 g/mol. The Morgan fingerprint density at radius 3 is 2.15 bits per heavy atom. The third-order valence-corrected chi connectivity index (χ3v) is 7.32. The molecule has 1 aliphatic heterocycles. The third-order valence-electron chi connectivity index (χ3n) is 5.45. The molecule has 4 rings (SSSR count). The predicted octanol–water partition coefficient (Wildman–Crippen LogP) is 4.29. The molecule has 0 saturated heterocycles. The van der Waals surface area contributed by atoms with E-state index in [2.05, 4.69) is 0 Å². The van der Waals surface area contributed by atoms with Crippen LogP contribution in [0, 0.1) is 0 Å². The topological polar surface area (TPSA) is 95.9 Å². The quantitative estimate of drug-likeness (QED) is 0.409. The molecule has 0 radical (unpaired) electrons. The molecule has 7 nitrogen and oxygen atoms in total. The number of rotatable bonds is 5. The number of hydrogen-bond acceptors (Lipinski definition) is 5. The Bertz CT molecular complexity index is 1290. The molecular formula is C23H19F3N2O5S. The summed E-state index contributed by atoms with van der Waals surface area (Å²) < 4.78 is 71.3. The number of carbonyl (C=O) groups excluding carboxylic acids is 1. The lowest BCUT2D eigenvalue weighted by atomic mass is 9.94. The molecule has 1 amide bonds. The van der Waals surface area contributed by atoms with E-state index in [-0.39, 0.29) is 22.9 Å². The van der Waals surface area contributed by atoms with Crippen LogP contribution < -0.4 is 10.2 Å². The molecule has 3 aromatic carbocycles. The average molecular weight is 492 g/mol. The van der Waals surface area contributed by atoms with Gasteiger partial charge >= 0.3 is 6.18 Å². The monoisotopic (exact) mass is 492 g/mol. The Kier molecular flexibility index (Phi) is 6.34. The average Bonchev–Trinajstić information content (AvgIpc) is 2.83. The molecule has 11 heteroatoms. The summed E-state index contributed by atoms with van der Waals surface area (Å²) >= 11 is 0. The molecule has 3 aromatic rings. The van der Waals surface area contributed by atoms with Gasteiger partial charge in [0.05, 0.1) is 10.5 Å². The standard InChI is InChI=1S/C23H19F3N2O5S/c24-23(25,26)16-5-7-17(8-6-16)33-18-9-11-19(12-10-18)34(31,32)28-14-13-15-3-1-2-4-20(15)21(28)22(29)27-30/h1-12,21,30H,13-14H2,(H,27,29)/t21-/m1/s1. The summed E-state index contributed by atoms with van der Waals surface area (Å²) in [6, 6.07) is 15.0. The second-order valence-electron chi connectivity index (χ2n) is 7.54. The fourth-order valence-corrected chi connectivity index (χ4v) is 5.37. The van der Waals surface area contributed by atoms with Crippen molar-refractivity contribution in [1.82, 2.24) is 9.79 Å². The van der Waals surface area contributed by atoms with Crippen LogP contribution in [-0.4, -0.2) is 30.4 Å². The molecule has 2 N–H and O–H groups in total. The number of sulfonamides is 1. The minimum absolute atomic E-state index is 0.0290. The number of amides is 1. The van der Waals surface area contributed by atoms with Crippen molar-refractivity contribution in [1.29, 1.82) is 0 Å². The summed E-state index contributed by atoms with van der Waals surface area (Å²) in [6.45, 7) is 0.0290. The van der Waals surface area contributed by atoms with E-state index < -0.39 is 33.7 Å². The summed E-state index contributed by atoms with van der Waals surface area (Å²) in [5.74, 6) is -0.513. The Balaban J connectivity index is 1.57. The van der Waals surface area contributed by atoms with Crippen molar-refractivity contribution in [2.45, 2.75) is 23.5 Å². The van der Waals surface area contributed by atoms with E-state index in [0.29, 0.717) is 12.0 Å². The first-order chi connectivity index (χ1) is 16.1. The molecule has 1 atom stereocenters. The Morgan fingerprint density at radius 1 is 0.971 bits per heavy atom. The van der Waals surface area contributed by atoms with E-state index >= 15 is 0 Å². The molecule has 0 saturated carbocycles.